The maximum absolute atomic E-state index is 12.4. The average Bonchev–Trinajstić information content (AvgIpc) is 1.97. The van der Waals surface area contributed by atoms with Gasteiger partial charge in [-0.15, -0.1) is 0 Å². The van der Waals surface area contributed by atoms with E-state index in [2.05, 4.69) is 20.9 Å². The van der Waals surface area contributed by atoms with E-state index in [-0.39, 0.29) is 5.56 Å². The summed E-state index contributed by atoms with van der Waals surface area (Å²) in [6.07, 6.45) is -0.906. The fourth-order valence-corrected chi connectivity index (χ4v) is 2.25. The van der Waals surface area contributed by atoms with Gasteiger partial charge >= 0.3 is 0 Å². The van der Waals surface area contributed by atoms with Gasteiger partial charge in [0.05, 0.1) is 5.56 Å². The third kappa shape index (κ3) is 1.93. The Kier molecular flexibility index (Phi) is 3.39. The Morgan fingerprint density at radius 2 is 2.17 bits per heavy atom. The highest BCUT2D eigenvalue weighted by Gasteiger charge is 2.17. The van der Waals surface area contributed by atoms with Crippen molar-refractivity contribution in [3.63, 3.8) is 0 Å². The van der Waals surface area contributed by atoms with Gasteiger partial charge in [-0.2, -0.15) is 0 Å². The van der Waals surface area contributed by atoms with Crippen LogP contribution in [0.15, 0.2) is 10.7 Å². The monoisotopic (exact) mass is 347 g/mol. The lowest BCUT2D eigenvalue weighted by Gasteiger charge is -2.06. The zero-order valence-electron chi connectivity index (χ0n) is 6.11. The largest absolute Gasteiger partial charge is 0.267 e. The first-order valence-electron chi connectivity index (χ1n) is 3.12. The highest BCUT2D eigenvalue weighted by Crippen LogP contribution is 2.32. The van der Waals surface area contributed by atoms with Crippen LogP contribution >= 0.6 is 38.5 Å². The minimum Gasteiger partial charge on any atom is -0.249 e. The lowest BCUT2D eigenvalue weighted by Crippen LogP contribution is -1.96. The van der Waals surface area contributed by atoms with Gasteiger partial charge in [-0.05, 0) is 51.0 Å². The van der Waals surface area contributed by atoms with Crippen LogP contribution in [0.2, 0.25) is 0 Å². The molecule has 0 bridgehead atoms. The molecule has 1 nitrogen and oxygen atoms in total. The number of rotatable bonds is 1. The van der Waals surface area contributed by atoms with Crippen LogP contribution in [0.4, 0.5) is 8.78 Å². The minimum atomic E-state index is -2.47. The molecule has 0 fully saturated rings. The van der Waals surface area contributed by atoms with Crippen LogP contribution in [0.3, 0.4) is 0 Å². The predicted octanol–water partition coefficient (Wildman–Crippen LogP) is 3.69. The van der Waals surface area contributed by atoms with Crippen LogP contribution < -0.4 is 0 Å². The smallest absolute Gasteiger partial charge is 0.249 e. The maximum atomic E-state index is 12.4. The van der Waals surface area contributed by atoms with Crippen molar-refractivity contribution in [2.75, 3.05) is 0 Å². The molecule has 0 atom stereocenters. The summed E-state index contributed by atoms with van der Waals surface area (Å²) >= 11 is 4.90. The summed E-state index contributed by atoms with van der Waals surface area (Å²) in [4.78, 5) is 3.84. The van der Waals surface area contributed by atoms with E-state index in [1.165, 1.54) is 0 Å². The van der Waals surface area contributed by atoms with E-state index in [1.807, 2.05) is 0 Å². The van der Waals surface area contributed by atoms with Gasteiger partial charge in [0, 0.05) is 10.7 Å². The molecule has 0 aliphatic rings. The first-order valence-corrected chi connectivity index (χ1v) is 5.00. The summed E-state index contributed by atoms with van der Waals surface area (Å²) in [5.41, 5.74) is 0.710. The molecule has 1 heterocycles. The Hall–Kier alpha value is 0.220. The van der Waals surface area contributed by atoms with E-state index in [9.17, 15) is 8.78 Å². The molecule has 0 N–H and O–H groups in total. The fraction of sp³-hybridized carbons (Fsp3) is 0.286. The number of hydrogen-bond donors (Lipinski definition) is 0. The van der Waals surface area contributed by atoms with Crippen molar-refractivity contribution in [2.45, 2.75) is 13.3 Å². The van der Waals surface area contributed by atoms with Gasteiger partial charge in [0.25, 0.3) is 6.43 Å². The Balaban J connectivity index is 3.33. The third-order valence-corrected chi connectivity index (χ3v) is 3.31. The molecule has 0 amide bonds. The second-order valence-electron chi connectivity index (χ2n) is 2.26. The Labute approximate surface area is 90.8 Å². The number of nitrogens with zero attached hydrogens (tertiary/aromatic N) is 1. The molecule has 0 aliphatic heterocycles. The Morgan fingerprint density at radius 1 is 1.58 bits per heavy atom. The van der Waals surface area contributed by atoms with Crippen molar-refractivity contribution < 1.29 is 8.78 Å². The fourth-order valence-electron chi connectivity index (χ4n) is 0.769. The number of aryl methyl sites for hydroxylation is 1. The number of alkyl halides is 2. The molecule has 1 aromatic rings. The van der Waals surface area contributed by atoms with Gasteiger partial charge in [-0.3, -0.25) is 0 Å². The zero-order valence-corrected chi connectivity index (χ0v) is 9.86. The maximum Gasteiger partial charge on any atom is 0.267 e. The molecule has 0 saturated carbocycles. The quantitative estimate of drug-likeness (QED) is 0.557. The minimum absolute atomic E-state index is 0.0180. The number of hydrogen-bond acceptors (Lipinski definition) is 1. The standard InChI is InChI=1S/C7H5BrF2IN/c1-3-2-12-7(11)4(5(3)8)6(9)10/h2,6H,1H3. The number of aromatic nitrogens is 1. The lowest BCUT2D eigenvalue weighted by atomic mass is 10.2. The van der Waals surface area contributed by atoms with Crippen molar-refractivity contribution in [1.29, 1.82) is 0 Å². The van der Waals surface area contributed by atoms with Crippen LogP contribution in [0, 0.1) is 10.6 Å². The summed E-state index contributed by atoms with van der Waals surface area (Å²) in [7, 11) is 0. The van der Waals surface area contributed by atoms with Crippen molar-refractivity contribution >= 4 is 38.5 Å². The molecule has 0 saturated heterocycles. The lowest BCUT2D eigenvalue weighted by molar-refractivity contribution is 0.149. The molecular weight excluding hydrogens is 343 g/mol. The normalized spacial score (nSPS) is 10.8. The van der Waals surface area contributed by atoms with Gasteiger partial charge in [0.2, 0.25) is 0 Å². The molecule has 12 heavy (non-hydrogen) atoms. The summed E-state index contributed by atoms with van der Waals surface area (Å²) in [5, 5.41) is 0. The number of pyridine rings is 1. The van der Waals surface area contributed by atoms with E-state index in [0.717, 1.165) is 5.56 Å². The van der Waals surface area contributed by atoms with E-state index < -0.39 is 6.43 Å². The molecule has 0 aromatic carbocycles. The van der Waals surface area contributed by atoms with Crippen molar-refractivity contribution in [2.24, 2.45) is 0 Å². The second-order valence-corrected chi connectivity index (χ2v) is 4.08. The Morgan fingerprint density at radius 3 is 2.58 bits per heavy atom. The summed E-state index contributed by atoms with van der Waals surface area (Å²) < 4.78 is 25.6. The second kappa shape index (κ2) is 3.95. The summed E-state index contributed by atoms with van der Waals surface area (Å²) in [6.45, 7) is 1.74. The van der Waals surface area contributed by atoms with Crippen LogP contribution in [-0.4, -0.2) is 4.98 Å². The third-order valence-electron chi connectivity index (χ3n) is 1.39. The van der Waals surface area contributed by atoms with Crippen molar-refractivity contribution in [1.82, 2.24) is 4.98 Å². The average molecular weight is 348 g/mol. The van der Waals surface area contributed by atoms with Crippen LogP contribution in [-0.2, 0) is 0 Å². The van der Waals surface area contributed by atoms with E-state index in [1.54, 1.807) is 35.7 Å². The van der Waals surface area contributed by atoms with Crippen LogP contribution in [0.5, 0.6) is 0 Å². The van der Waals surface area contributed by atoms with Crippen LogP contribution in [0.1, 0.15) is 17.6 Å². The zero-order chi connectivity index (χ0) is 9.30. The molecule has 66 valence electrons. The Bertz CT molecular complexity index is 304. The van der Waals surface area contributed by atoms with Gasteiger partial charge in [0.15, 0.2) is 0 Å². The van der Waals surface area contributed by atoms with Crippen molar-refractivity contribution in [3.8, 4) is 0 Å². The van der Waals surface area contributed by atoms with Gasteiger partial charge in [-0.25, -0.2) is 13.8 Å². The molecule has 0 spiro atoms. The highest BCUT2D eigenvalue weighted by atomic mass is 127. The van der Waals surface area contributed by atoms with E-state index in [0.29, 0.717) is 8.17 Å². The molecule has 5 heteroatoms. The van der Waals surface area contributed by atoms with E-state index >= 15 is 0 Å². The molecular formula is C7H5BrF2IN. The summed E-state index contributed by atoms with van der Waals surface area (Å²) in [5.74, 6) is 0. The summed E-state index contributed by atoms with van der Waals surface area (Å²) in [6, 6.07) is 0. The molecule has 1 aromatic heterocycles. The molecule has 1 rings (SSSR count). The first kappa shape index (κ1) is 10.3. The highest BCUT2D eigenvalue weighted by molar-refractivity contribution is 14.1. The molecule has 0 aliphatic carbocycles. The van der Waals surface area contributed by atoms with Gasteiger partial charge in [-0.1, -0.05) is 0 Å². The SMILES string of the molecule is Cc1cnc(I)c(C(F)F)c1Br. The van der Waals surface area contributed by atoms with E-state index in [4.69, 9.17) is 0 Å². The van der Waals surface area contributed by atoms with Gasteiger partial charge < -0.3 is 0 Å². The molecule has 0 unspecified atom stereocenters. The number of halogens is 4. The van der Waals surface area contributed by atoms with Crippen molar-refractivity contribution in [3.05, 3.63) is 25.5 Å². The first-order chi connectivity index (χ1) is 5.54. The predicted molar refractivity (Wildman–Crippen MR) is 54.3 cm³/mol. The van der Waals surface area contributed by atoms with Gasteiger partial charge in [0.1, 0.15) is 3.70 Å². The topological polar surface area (TPSA) is 12.9 Å². The van der Waals surface area contributed by atoms with Crippen LogP contribution in [0.25, 0.3) is 0 Å². The molecule has 0 radical (unpaired) electrons.